The van der Waals surface area contributed by atoms with E-state index in [0.717, 1.165) is 61.6 Å². The van der Waals surface area contributed by atoms with Crippen molar-refractivity contribution in [2.24, 2.45) is 29.6 Å². The summed E-state index contributed by atoms with van der Waals surface area (Å²) in [6.07, 6.45) is 35.7. The Labute approximate surface area is 234 Å². The zero-order chi connectivity index (χ0) is 26.3. The van der Waals surface area contributed by atoms with Crippen LogP contribution < -0.4 is 0 Å². The third-order valence-corrected chi connectivity index (χ3v) is 11.5. The maximum absolute atomic E-state index is 9.82. The van der Waals surface area contributed by atoms with Crippen LogP contribution in [0.15, 0.2) is 24.3 Å². The van der Waals surface area contributed by atoms with Crippen molar-refractivity contribution in [3.05, 3.63) is 24.3 Å². The summed E-state index contributed by atoms with van der Waals surface area (Å²) in [6, 6.07) is 2.46. The van der Waals surface area contributed by atoms with Gasteiger partial charge in [-0.25, -0.2) is 0 Å². The molecule has 5 saturated carbocycles. The van der Waals surface area contributed by atoms with Gasteiger partial charge in [-0.2, -0.15) is 0 Å². The van der Waals surface area contributed by atoms with Gasteiger partial charge >= 0.3 is 0 Å². The molecule has 0 aromatic rings. The molecule has 2 N–H and O–H groups in total. The molecule has 0 aromatic heterocycles. The highest BCUT2D eigenvalue weighted by Gasteiger charge is 2.37. The van der Waals surface area contributed by atoms with Crippen LogP contribution in [0.25, 0.3) is 0 Å². The number of aliphatic hydroxyl groups is 2. The van der Waals surface area contributed by atoms with Gasteiger partial charge in [-0.3, -0.25) is 4.90 Å². The van der Waals surface area contributed by atoms with E-state index in [0.29, 0.717) is 11.8 Å². The quantitative estimate of drug-likeness (QED) is 0.329. The van der Waals surface area contributed by atoms with E-state index in [2.05, 4.69) is 36.1 Å². The van der Waals surface area contributed by atoms with Gasteiger partial charge in [0.1, 0.15) is 0 Å². The summed E-state index contributed by atoms with van der Waals surface area (Å²) in [5, 5.41) is 19.6. The van der Waals surface area contributed by atoms with Crippen LogP contribution in [-0.4, -0.2) is 45.4 Å². The van der Waals surface area contributed by atoms with Gasteiger partial charge < -0.3 is 10.2 Å². The fourth-order valence-electron chi connectivity index (χ4n) is 8.84. The number of hydrogen-bond donors (Lipinski definition) is 2. The van der Waals surface area contributed by atoms with Crippen LogP contribution in [0.5, 0.6) is 0 Å². The van der Waals surface area contributed by atoms with Crippen molar-refractivity contribution in [2.45, 2.75) is 166 Å². The maximum atomic E-state index is 9.82. The fraction of sp³-hybridized carbons (Fsp3) is 0.886. The van der Waals surface area contributed by atoms with Gasteiger partial charge in [0.25, 0.3) is 0 Å². The summed E-state index contributed by atoms with van der Waals surface area (Å²) in [6.45, 7) is 2.47. The van der Waals surface area contributed by atoms with E-state index in [-0.39, 0.29) is 12.2 Å². The lowest BCUT2D eigenvalue weighted by Crippen LogP contribution is -2.52. The molecule has 0 aromatic carbocycles. The molecule has 5 rings (SSSR count). The lowest BCUT2D eigenvalue weighted by atomic mass is 9.77. The minimum absolute atomic E-state index is 0.0400. The molecule has 0 radical (unpaired) electrons. The Hall–Kier alpha value is -0.640. The minimum atomic E-state index is -0.0400. The van der Waals surface area contributed by atoms with E-state index < -0.39 is 0 Å². The highest BCUT2D eigenvalue weighted by Crippen LogP contribution is 2.40. The highest BCUT2D eigenvalue weighted by molar-refractivity contribution is 5.01. The predicted octanol–water partition coefficient (Wildman–Crippen LogP) is 8.20. The molecule has 0 spiro atoms. The van der Waals surface area contributed by atoms with E-state index in [1.165, 1.54) is 103 Å². The molecule has 216 valence electrons. The van der Waals surface area contributed by atoms with Crippen LogP contribution in [0.4, 0.5) is 0 Å². The van der Waals surface area contributed by atoms with E-state index in [1.807, 2.05) is 0 Å². The number of allylic oxidation sites excluding steroid dienone is 4. The van der Waals surface area contributed by atoms with Gasteiger partial charge in [0.15, 0.2) is 0 Å². The topological polar surface area (TPSA) is 43.7 Å². The Morgan fingerprint density at radius 3 is 0.974 bits per heavy atom. The van der Waals surface area contributed by atoms with E-state index in [4.69, 9.17) is 0 Å². The molecule has 0 saturated heterocycles. The average molecular weight is 526 g/mol. The third kappa shape index (κ3) is 8.20. The molecule has 5 aliphatic carbocycles. The first-order chi connectivity index (χ1) is 18.5. The van der Waals surface area contributed by atoms with Gasteiger partial charge in [0.05, 0.1) is 12.2 Å². The van der Waals surface area contributed by atoms with E-state index in [1.54, 1.807) is 0 Å². The second kappa shape index (κ2) is 14.3. The fourth-order valence-corrected chi connectivity index (χ4v) is 8.84. The van der Waals surface area contributed by atoms with Crippen LogP contribution in [0.3, 0.4) is 0 Å². The second-order valence-electron chi connectivity index (χ2n) is 14.4. The van der Waals surface area contributed by atoms with Crippen LogP contribution >= 0.6 is 0 Å². The minimum Gasteiger partial charge on any atom is -0.393 e. The Morgan fingerprint density at radius 1 is 0.395 bits per heavy atom. The lowest BCUT2D eigenvalue weighted by Gasteiger charge is -2.49. The van der Waals surface area contributed by atoms with Crippen molar-refractivity contribution in [3.8, 4) is 0 Å². The zero-order valence-electron chi connectivity index (χ0n) is 24.6. The van der Waals surface area contributed by atoms with Crippen molar-refractivity contribution in [2.75, 3.05) is 0 Å². The van der Waals surface area contributed by atoms with Gasteiger partial charge in [-0.15, -0.1) is 0 Å². The SMILES string of the molecule is CC1CCC(N(C2CCC(C=CC3CCC(O)CC3)CC2)C2CCC(C=CC3CCC(O)CC3)CC2)CC1. The maximum Gasteiger partial charge on any atom is 0.0540 e. The van der Waals surface area contributed by atoms with Gasteiger partial charge in [-0.05, 0) is 158 Å². The predicted molar refractivity (Wildman–Crippen MR) is 159 cm³/mol. The van der Waals surface area contributed by atoms with Crippen molar-refractivity contribution < 1.29 is 10.2 Å². The van der Waals surface area contributed by atoms with Crippen molar-refractivity contribution in [3.63, 3.8) is 0 Å². The number of hydrogen-bond acceptors (Lipinski definition) is 3. The molecular weight excluding hydrogens is 466 g/mol. The summed E-state index contributed by atoms with van der Waals surface area (Å²) < 4.78 is 0. The van der Waals surface area contributed by atoms with Gasteiger partial charge in [0.2, 0.25) is 0 Å². The molecule has 3 nitrogen and oxygen atoms in total. The Balaban J connectivity index is 1.13. The standard InChI is InChI=1S/C35H59NO2/c1-26-2-16-31(17-3-26)36(32-18-8-27(9-19-32)4-6-29-12-22-34(37)23-13-29)33-20-10-28(11-21-33)5-7-30-14-24-35(38)25-15-30/h4-7,26-35,37-38H,2-3,8-25H2,1H3. The van der Waals surface area contributed by atoms with Crippen LogP contribution in [0.1, 0.15) is 135 Å². The molecule has 0 unspecified atom stereocenters. The number of rotatable bonds is 7. The summed E-state index contributed by atoms with van der Waals surface area (Å²) >= 11 is 0. The molecule has 0 aliphatic heterocycles. The molecule has 5 aliphatic rings. The number of aliphatic hydroxyl groups excluding tert-OH is 2. The van der Waals surface area contributed by atoms with Crippen molar-refractivity contribution in [1.29, 1.82) is 0 Å². The Bertz CT molecular complexity index is 671. The first-order valence-electron chi connectivity index (χ1n) is 17.0. The van der Waals surface area contributed by atoms with E-state index in [9.17, 15) is 10.2 Å². The molecule has 0 bridgehead atoms. The van der Waals surface area contributed by atoms with E-state index >= 15 is 0 Å². The molecule has 0 atom stereocenters. The molecule has 0 heterocycles. The average Bonchev–Trinajstić information content (AvgIpc) is 2.95. The smallest absolute Gasteiger partial charge is 0.0540 e. The molecule has 38 heavy (non-hydrogen) atoms. The lowest BCUT2D eigenvalue weighted by molar-refractivity contribution is 0.00948. The molecule has 0 amide bonds. The summed E-state index contributed by atoms with van der Waals surface area (Å²) in [5.74, 6) is 3.93. The summed E-state index contributed by atoms with van der Waals surface area (Å²) in [4.78, 5) is 3.12. The monoisotopic (exact) mass is 525 g/mol. The van der Waals surface area contributed by atoms with Crippen molar-refractivity contribution in [1.82, 2.24) is 4.90 Å². The normalized spacial score (nSPS) is 43.7. The third-order valence-electron chi connectivity index (χ3n) is 11.5. The van der Waals surface area contributed by atoms with Crippen LogP contribution in [0.2, 0.25) is 0 Å². The molecule has 3 heteroatoms. The molecule has 5 fully saturated rings. The second-order valence-corrected chi connectivity index (χ2v) is 14.4. The first-order valence-corrected chi connectivity index (χ1v) is 17.0. The summed E-state index contributed by atoms with van der Waals surface area (Å²) in [5.41, 5.74) is 0. The van der Waals surface area contributed by atoms with Gasteiger partial charge in [-0.1, -0.05) is 31.2 Å². The molecular formula is C35H59NO2. The zero-order valence-corrected chi connectivity index (χ0v) is 24.6. The first kappa shape index (κ1) is 28.9. The summed E-state index contributed by atoms with van der Waals surface area (Å²) in [7, 11) is 0. The van der Waals surface area contributed by atoms with Crippen LogP contribution in [0, 0.1) is 29.6 Å². The Morgan fingerprint density at radius 2 is 0.658 bits per heavy atom. The van der Waals surface area contributed by atoms with Crippen LogP contribution in [-0.2, 0) is 0 Å². The highest BCUT2D eigenvalue weighted by atomic mass is 16.3. The van der Waals surface area contributed by atoms with Gasteiger partial charge in [0, 0.05) is 18.1 Å². The van der Waals surface area contributed by atoms with Crippen molar-refractivity contribution >= 4 is 0 Å². The Kier molecular flexibility index (Phi) is 10.9. The number of nitrogens with zero attached hydrogens (tertiary/aromatic N) is 1. The largest absolute Gasteiger partial charge is 0.393 e.